The number of hydrogen-bond acceptors (Lipinski definition) is 3. The Labute approximate surface area is 116 Å². The topological polar surface area (TPSA) is 49.8 Å². The molecule has 0 radical (unpaired) electrons. The molecule has 102 valence electrons. The summed E-state index contributed by atoms with van der Waals surface area (Å²) in [6, 6.07) is 4.99. The molecule has 1 amide bonds. The number of carbonyl (C=O) groups excluding carboxylic acids is 1. The van der Waals surface area contributed by atoms with Crippen LogP contribution in [-0.2, 0) is 0 Å². The van der Waals surface area contributed by atoms with Gasteiger partial charge in [0.15, 0.2) is 6.23 Å². The SMILES string of the molecule is O=C1Oc2ccc(Cl)cc2C(O)N1C1CCCCC1. The summed E-state index contributed by atoms with van der Waals surface area (Å²) in [6.45, 7) is 0. The number of rotatable bonds is 1. The molecule has 1 aromatic carbocycles. The highest BCUT2D eigenvalue weighted by Gasteiger charge is 2.38. The lowest BCUT2D eigenvalue weighted by Gasteiger charge is -2.39. The average molecular weight is 282 g/mol. The third-order valence-corrected chi connectivity index (χ3v) is 4.12. The van der Waals surface area contributed by atoms with E-state index >= 15 is 0 Å². The number of carbonyl (C=O) groups is 1. The molecule has 1 aromatic rings. The lowest BCUT2D eigenvalue weighted by Crippen LogP contribution is -2.47. The van der Waals surface area contributed by atoms with Gasteiger partial charge in [-0.2, -0.15) is 0 Å². The molecule has 1 unspecified atom stereocenters. The Kier molecular flexibility index (Phi) is 3.37. The molecule has 0 saturated heterocycles. The van der Waals surface area contributed by atoms with E-state index < -0.39 is 12.3 Å². The summed E-state index contributed by atoms with van der Waals surface area (Å²) in [7, 11) is 0. The summed E-state index contributed by atoms with van der Waals surface area (Å²) in [5.74, 6) is 0.397. The summed E-state index contributed by atoms with van der Waals surface area (Å²) in [5, 5.41) is 11.0. The number of amides is 1. The van der Waals surface area contributed by atoms with Crippen molar-refractivity contribution in [3.8, 4) is 5.75 Å². The van der Waals surface area contributed by atoms with Crippen LogP contribution in [0.4, 0.5) is 4.79 Å². The third kappa shape index (κ3) is 2.30. The first-order valence-electron chi connectivity index (χ1n) is 6.64. The monoisotopic (exact) mass is 281 g/mol. The van der Waals surface area contributed by atoms with Crippen LogP contribution in [0.2, 0.25) is 5.02 Å². The summed E-state index contributed by atoms with van der Waals surface area (Å²) in [6.07, 6.45) is 3.78. The summed E-state index contributed by atoms with van der Waals surface area (Å²) in [5.41, 5.74) is 0.567. The van der Waals surface area contributed by atoms with Crippen LogP contribution in [0.1, 0.15) is 43.9 Å². The van der Waals surface area contributed by atoms with E-state index in [2.05, 4.69) is 0 Å². The molecular formula is C14H16ClNO3. The summed E-state index contributed by atoms with van der Waals surface area (Å²) in [4.78, 5) is 13.5. The number of aliphatic hydroxyl groups excluding tert-OH is 1. The molecule has 1 saturated carbocycles. The first-order valence-corrected chi connectivity index (χ1v) is 7.02. The van der Waals surface area contributed by atoms with Crippen molar-refractivity contribution in [3.63, 3.8) is 0 Å². The molecule has 0 aromatic heterocycles. The first-order chi connectivity index (χ1) is 9.16. The lowest BCUT2D eigenvalue weighted by atomic mass is 9.93. The Hall–Kier alpha value is -1.26. The van der Waals surface area contributed by atoms with Gasteiger partial charge >= 0.3 is 6.09 Å². The predicted molar refractivity (Wildman–Crippen MR) is 71.1 cm³/mol. The second-order valence-corrected chi connectivity index (χ2v) is 5.56. The zero-order valence-corrected chi connectivity index (χ0v) is 11.3. The van der Waals surface area contributed by atoms with Crippen LogP contribution in [0, 0.1) is 0 Å². The average Bonchev–Trinajstić information content (AvgIpc) is 2.41. The minimum Gasteiger partial charge on any atom is -0.410 e. The number of aliphatic hydroxyl groups is 1. The first kappa shape index (κ1) is 12.8. The van der Waals surface area contributed by atoms with Crippen LogP contribution in [-0.4, -0.2) is 22.1 Å². The van der Waals surface area contributed by atoms with E-state index in [-0.39, 0.29) is 6.04 Å². The van der Waals surface area contributed by atoms with Crippen molar-refractivity contribution < 1.29 is 14.6 Å². The molecule has 19 heavy (non-hydrogen) atoms. The van der Waals surface area contributed by atoms with E-state index in [9.17, 15) is 9.90 Å². The Morgan fingerprint density at radius 2 is 2.00 bits per heavy atom. The fourth-order valence-corrected chi connectivity index (χ4v) is 3.10. The highest BCUT2D eigenvalue weighted by Crippen LogP contribution is 2.38. The number of benzene rings is 1. The quantitative estimate of drug-likeness (QED) is 0.857. The van der Waals surface area contributed by atoms with Gasteiger partial charge in [0.25, 0.3) is 0 Å². The summed E-state index contributed by atoms with van der Waals surface area (Å²) >= 11 is 5.94. The fourth-order valence-electron chi connectivity index (χ4n) is 2.92. The zero-order chi connectivity index (χ0) is 13.4. The van der Waals surface area contributed by atoms with Gasteiger partial charge in [0.2, 0.25) is 0 Å². The number of ether oxygens (including phenoxy) is 1. The van der Waals surface area contributed by atoms with Crippen LogP contribution in [0.15, 0.2) is 18.2 Å². The number of nitrogens with zero attached hydrogens (tertiary/aromatic N) is 1. The van der Waals surface area contributed by atoms with Crippen molar-refractivity contribution >= 4 is 17.7 Å². The van der Waals surface area contributed by atoms with Crippen molar-refractivity contribution in [2.24, 2.45) is 0 Å². The molecule has 1 atom stereocenters. The Morgan fingerprint density at radius 3 is 2.74 bits per heavy atom. The maximum Gasteiger partial charge on any atom is 0.417 e. The van der Waals surface area contributed by atoms with Gasteiger partial charge in [-0.05, 0) is 31.0 Å². The zero-order valence-electron chi connectivity index (χ0n) is 10.5. The van der Waals surface area contributed by atoms with E-state index in [1.807, 2.05) is 0 Å². The smallest absolute Gasteiger partial charge is 0.410 e. The van der Waals surface area contributed by atoms with Crippen LogP contribution in [0.25, 0.3) is 0 Å². The fraction of sp³-hybridized carbons (Fsp3) is 0.500. The van der Waals surface area contributed by atoms with E-state index in [0.29, 0.717) is 16.3 Å². The highest BCUT2D eigenvalue weighted by atomic mass is 35.5. The summed E-state index contributed by atoms with van der Waals surface area (Å²) < 4.78 is 5.29. The molecule has 1 fully saturated rings. The van der Waals surface area contributed by atoms with Gasteiger partial charge in [0.05, 0.1) is 0 Å². The highest BCUT2D eigenvalue weighted by molar-refractivity contribution is 6.30. The second-order valence-electron chi connectivity index (χ2n) is 5.12. The van der Waals surface area contributed by atoms with E-state index in [4.69, 9.17) is 16.3 Å². The van der Waals surface area contributed by atoms with Gasteiger partial charge in [-0.1, -0.05) is 30.9 Å². The van der Waals surface area contributed by atoms with Crippen LogP contribution < -0.4 is 4.74 Å². The minimum atomic E-state index is -0.960. The van der Waals surface area contributed by atoms with Crippen LogP contribution >= 0.6 is 11.6 Å². The van der Waals surface area contributed by atoms with Gasteiger partial charge in [0, 0.05) is 16.6 Å². The Balaban J connectivity index is 1.92. The molecule has 5 heteroatoms. The molecule has 0 bridgehead atoms. The number of hydrogen-bond donors (Lipinski definition) is 1. The van der Waals surface area contributed by atoms with Crippen molar-refractivity contribution in [3.05, 3.63) is 28.8 Å². The van der Waals surface area contributed by atoms with Gasteiger partial charge < -0.3 is 9.84 Å². The number of halogens is 1. The maximum atomic E-state index is 12.1. The standard InChI is InChI=1S/C14H16ClNO3/c15-9-6-7-12-11(8-9)13(17)16(14(18)19-12)10-4-2-1-3-5-10/h6-8,10,13,17H,1-5H2. The van der Waals surface area contributed by atoms with Crippen molar-refractivity contribution in [2.45, 2.75) is 44.4 Å². The normalized spacial score (nSPS) is 24.0. The Morgan fingerprint density at radius 1 is 1.26 bits per heavy atom. The van der Waals surface area contributed by atoms with Gasteiger partial charge in [-0.3, -0.25) is 4.90 Å². The third-order valence-electron chi connectivity index (χ3n) is 3.89. The van der Waals surface area contributed by atoms with E-state index in [0.717, 1.165) is 25.7 Å². The van der Waals surface area contributed by atoms with Crippen molar-refractivity contribution in [1.29, 1.82) is 0 Å². The largest absolute Gasteiger partial charge is 0.417 e. The van der Waals surface area contributed by atoms with Gasteiger partial charge in [0.1, 0.15) is 5.75 Å². The van der Waals surface area contributed by atoms with E-state index in [1.165, 1.54) is 11.3 Å². The maximum absolute atomic E-state index is 12.1. The molecule has 4 nitrogen and oxygen atoms in total. The van der Waals surface area contributed by atoms with Gasteiger partial charge in [-0.15, -0.1) is 0 Å². The molecule has 3 rings (SSSR count). The van der Waals surface area contributed by atoms with E-state index in [1.54, 1.807) is 18.2 Å². The molecular weight excluding hydrogens is 266 g/mol. The van der Waals surface area contributed by atoms with Crippen molar-refractivity contribution in [2.75, 3.05) is 0 Å². The Bertz CT molecular complexity index is 499. The molecule has 1 heterocycles. The van der Waals surface area contributed by atoms with Crippen LogP contribution in [0.5, 0.6) is 5.75 Å². The molecule has 1 aliphatic heterocycles. The molecule has 1 N–H and O–H groups in total. The lowest BCUT2D eigenvalue weighted by molar-refractivity contribution is -0.0317. The predicted octanol–water partition coefficient (Wildman–Crippen LogP) is 3.48. The van der Waals surface area contributed by atoms with Crippen molar-refractivity contribution in [1.82, 2.24) is 4.90 Å². The number of fused-ring (bicyclic) bond motifs is 1. The second kappa shape index (κ2) is 5.02. The molecule has 2 aliphatic rings. The van der Waals surface area contributed by atoms with Crippen LogP contribution in [0.3, 0.4) is 0 Å². The molecule has 1 aliphatic carbocycles. The minimum absolute atomic E-state index is 0.0587. The molecule has 0 spiro atoms. The van der Waals surface area contributed by atoms with Gasteiger partial charge in [-0.25, -0.2) is 4.79 Å².